The van der Waals surface area contributed by atoms with Crippen molar-refractivity contribution in [3.63, 3.8) is 0 Å². The summed E-state index contributed by atoms with van der Waals surface area (Å²) in [5.41, 5.74) is 0.153. The summed E-state index contributed by atoms with van der Waals surface area (Å²) >= 11 is 0. The number of halogens is 3. The van der Waals surface area contributed by atoms with Gasteiger partial charge in [0.15, 0.2) is 0 Å². The van der Waals surface area contributed by atoms with Crippen LogP contribution in [0.2, 0.25) is 0 Å². The summed E-state index contributed by atoms with van der Waals surface area (Å²) in [4.78, 5) is 2.29. The van der Waals surface area contributed by atoms with Gasteiger partial charge in [-0.3, -0.25) is 0 Å². The van der Waals surface area contributed by atoms with Crippen LogP contribution in [0.25, 0.3) is 0 Å². The topological polar surface area (TPSA) is 15.3 Å². The highest BCUT2D eigenvalue weighted by Gasteiger charge is 2.45. The van der Waals surface area contributed by atoms with Crippen LogP contribution in [0.15, 0.2) is 0 Å². The van der Waals surface area contributed by atoms with E-state index >= 15 is 0 Å². The Morgan fingerprint density at radius 3 is 2.35 bits per heavy atom. The van der Waals surface area contributed by atoms with Crippen LogP contribution in [-0.4, -0.2) is 43.8 Å². The molecule has 0 spiro atoms. The van der Waals surface area contributed by atoms with E-state index in [0.29, 0.717) is 19.3 Å². The van der Waals surface area contributed by atoms with Gasteiger partial charge in [-0.15, -0.1) is 0 Å². The van der Waals surface area contributed by atoms with Crippen LogP contribution in [0.5, 0.6) is 0 Å². The molecule has 0 radical (unpaired) electrons. The summed E-state index contributed by atoms with van der Waals surface area (Å²) in [5.74, 6) is -1.15. The quantitative estimate of drug-likeness (QED) is 0.857. The zero-order valence-electron chi connectivity index (χ0n) is 12.6. The minimum atomic E-state index is -4.05. The highest BCUT2D eigenvalue weighted by atomic mass is 19.4. The Morgan fingerprint density at radius 1 is 1.15 bits per heavy atom. The number of hydrogen-bond acceptors (Lipinski definition) is 2. The maximum absolute atomic E-state index is 13.1. The molecule has 1 heterocycles. The molecule has 1 aliphatic heterocycles. The second-order valence-corrected chi connectivity index (χ2v) is 7.03. The molecule has 1 saturated heterocycles. The summed E-state index contributed by atoms with van der Waals surface area (Å²) in [6.07, 6.45) is 0.681. The van der Waals surface area contributed by atoms with E-state index in [4.69, 9.17) is 0 Å². The molecule has 2 atom stereocenters. The van der Waals surface area contributed by atoms with Crippen LogP contribution in [0.1, 0.15) is 45.4 Å². The lowest BCUT2D eigenvalue weighted by molar-refractivity contribution is -0.189. The smallest absolute Gasteiger partial charge is 0.313 e. The number of nitrogens with zero attached hydrogens (tertiary/aromatic N) is 1. The summed E-state index contributed by atoms with van der Waals surface area (Å²) in [6.45, 7) is 5.02. The zero-order chi connectivity index (χ0) is 14.8. The summed E-state index contributed by atoms with van der Waals surface area (Å²) in [6, 6.07) is -0.375. The van der Waals surface area contributed by atoms with Gasteiger partial charge in [-0.25, -0.2) is 0 Å². The maximum Gasteiger partial charge on any atom is 0.393 e. The molecule has 0 aromatic heterocycles. The van der Waals surface area contributed by atoms with Crippen LogP contribution in [0, 0.1) is 11.3 Å². The number of hydrogen-bond donors (Lipinski definition) is 1. The van der Waals surface area contributed by atoms with Crippen molar-refractivity contribution in [2.75, 3.05) is 26.7 Å². The average Bonchev–Trinajstić information content (AvgIpc) is 2.40. The summed E-state index contributed by atoms with van der Waals surface area (Å²) in [7, 11) is 2.10. The summed E-state index contributed by atoms with van der Waals surface area (Å²) < 4.78 is 39.2. The van der Waals surface area contributed by atoms with E-state index in [1.54, 1.807) is 0 Å². The molecule has 2 unspecified atom stereocenters. The number of rotatable bonds is 3. The molecule has 1 saturated carbocycles. The third-order valence-electron chi connectivity index (χ3n) is 5.17. The first-order valence-corrected chi connectivity index (χ1v) is 7.79. The standard InChI is InChI=1S/C15H27F3N2/c1-14(7-9-20(2)10-8-14)11-19-13-6-4-3-5-12(13)15(16,17)18/h12-13,19H,3-11H2,1-2H3. The Balaban J connectivity index is 1.88. The first-order valence-electron chi connectivity index (χ1n) is 7.79. The second kappa shape index (κ2) is 6.22. The average molecular weight is 292 g/mol. The van der Waals surface area contributed by atoms with Gasteiger partial charge < -0.3 is 10.2 Å². The second-order valence-electron chi connectivity index (χ2n) is 7.03. The van der Waals surface area contributed by atoms with Gasteiger partial charge in [0, 0.05) is 12.6 Å². The van der Waals surface area contributed by atoms with Crippen LogP contribution < -0.4 is 5.32 Å². The Hall–Kier alpha value is -0.290. The fourth-order valence-electron chi connectivity index (χ4n) is 3.48. The van der Waals surface area contributed by atoms with Crippen molar-refractivity contribution in [1.29, 1.82) is 0 Å². The molecule has 1 aliphatic carbocycles. The predicted molar refractivity (Wildman–Crippen MR) is 74.6 cm³/mol. The van der Waals surface area contributed by atoms with Crippen LogP contribution >= 0.6 is 0 Å². The largest absolute Gasteiger partial charge is 0.393 e. The van der Waals surface area contributed by atoms with E-state index in [9.17, 15) is 13.2 Å². The third-order valence-corrected chi connectivity index (χ3v) is 5.17. The van der Waals surface area contributed by atoms with Gasteiger partial charge >= 0.3 is 6.18 Å². The fourth-order valence-corrected chi connectivity index (χ4v) is 3.48. The van der Waals surface area contributed by atoms with Crippen molar-refractivity contribution >= 4 is 0 Å². The number of nitrogens with one attached hydrogen (secondary N) is 1. The molecule has 0 amide bonds. The lowest BCUT2D eigenvalue weighted by Crippen LogP contribution is -2.50. The Morgan fingerprint density at radius 2 is 1.75 bits per heavy atom. The molecule has 2 aliphatic rings. The first kappa shape index (κ1) is 16.1. The van der Waals surface area contributed by atoms with E-state index in [-0.39, 0.29) is 11.5 Å². The molecule has 2 fully saturated rings. The van der Waals surface area contributed by atoms with Gasteiger partial charge in [-0.2, -0.15) is 13.2 Å². The van der Waals surface area contributed by atoms with Gasteiger partial charge in [0.25, 0.3) is 0 Å². The SMILES string of the molecule is CN1CCC(C)(CNC2CCCCC2C(F)(F)F)CC1. The number of piperidine rings is 1. The number of alkyl halides is 3. The fraction of sp³-hybridized carbons (Fsp3) is 1.00. The van der Waals surface area contributed by atoms with Crippen molar-refractivity contribution in [2.24, 2.45) is 11.3 Å². The van der Waals surface area contributed by atoms with Crippen molar-refractivity contribution in [3.05, 3.63) is 0 Å². The van der Waals surface area contributed by atoms with Crippen molar-refractivity contribution < 1.29 is 13.2 Å². The van der Waals surface area contributed by atoms with Gasteiger partial charge in [0.05, 0.1) is 5.92 Å². The molecule has 2 nitrogen and oxygen atoms in total. The van der Waals surface area contributed by atoms with Crippen LogP contribution in [0.4, 0.5) is 13.2 Å². The van der Waals surface area contributed by atoms with Crippen molar-refractivity contribution in [3.8, 4) is 0 Å². The Bertz CT molecular complexity index is 309. The molecule has 118 valence electrons. The van der Waals surface area contributed by atoms with Gasteiger partial charge in [-0.1, -0.05) is 19.8 Å². The third kappa shape index (κ3) is 4.10. The predicted octanol–water partition coefficient (Wildman–Crippen LogP) is 3.43. The van der Waals surface area contributed by atoms with E-state index < -0.39 is 12.1 Å². The minimum Gasteiger partial charge on any atom is -0.313 e. The highest BCUT2D eigenvalue weighted by Crippen LogP contribution is 2.38. The van der Waals surface area contributed by atoms with Crippen LogP contribution in [0.3, 0.4) is 0 Å². The Kier molecular flexibility index (Phi) is 5.00. The van der Waals surface area contributed by atoms with E-state index in [1.165, 1.54) is 0 Å². The molecule has 5 heteroatoms. The minimum absolute atomic E-state index is 0.153. The monoisotopic (exact) mass is 292 g/mol. The summed E-state index contributed by atoms with van der Waals surface area (Å²) in [5, 5.41) is 3.26. The molecular formula is C15H27F3N2. The number of likely N-dealkylation sites (tertiary alicyclic amines) is 1. The Labute approximate surface area is 120 Å². The van der Waals surface area contributed by atoms with E-state index in [1.807, 2.05) is 0 Å². The maximum atomic E-state index is 13.1. The lowest BCUT2D eigenvalue weighted by atomic mass is 9.78. The zero-order valence-corrected chi connectivity index (χ0v) is 12.6. The molecule has 1 N–H and O–H groups in total. The normalized spacial score (nSPS) is 32.2. The molecule has 0 bridgehead atoms. The van der Waals surface area contributed by atoms with Crippen LogP contribution in [-0.2, 0) is 0 Å². The van der Waals surface area contributed by atoms with Crippen molar-refractivity contribution in [2.45, 2.75) is 57.7 Å². The lowest BCUT2D eigenvalue weighted by Gasteiger charge is -2.41. The highest BCUT2D eigenvalue weighted by molar-refractivity contribution is 4.89. The van der Waals surface area contributed by atoms with E-state index in [2.05, 4.69) is 24.2 Å². The van der Waals surface area contributed by atoms with Gasteiger partial charge in [0.2, 0.25) is 0 Å². The first-order chi connectivity index (χ1) is 9.30. The molecular weight excluding hydrogens is 265 g/mol. The van der Waals surface area contributed by atoms with E-state index in [0.717, 1.165) is 38.9 Å². The van der Waals surface area contributed by atoms with Gasteiger partial charge in [-0.05, 0) is 51.2 Å². The molecule has 2 rings (SSSR count). The molecule has 0 aromatic carbocycles. The molecule has 20 heavy (non-hydrogen) atoms. The molecule has 0 aromatic rings. The van der Waals surface area contributed by atoms with Crippen molar-refractivity contribution in [1.82, 2.24) is 10.2 Å². The van der Waals surface area contributed by atoms with Gasteiger partial charge in [0.1, 0.15) is 0 Å².